The van der Waals surface area contributed by atoms with E-state index in [0.29, 0.717) is 28.0 Å². The van der Waals surface area contributed by atoms with Gasteiger partial charge in [-0.05, 0) is 48.5 Å². The van der Waals surface area contributed by atoms with Gasteiger partial charge in [0.1, 0.15) is 22.9 Å². The Kier molecular flexibility index (Phi) is 4.19. The summed E-state index contributed by atoms with van der Waals surface area (Å²) in [6, 6.07) is 13.4. The molecule has 4 rings (SSSR count). The highest BCUT2D eigenvalue weighted by atomic mass is 16.5. The number of nitrogens with one attached hydrogen (secondary N) is 1. The van der Waals surface area contributed by atoms with Crippen molar-refractivity contribution < 1.29 is 24.2 Å². The molecule has 2 N–H and O–H groups in total. The van der Waals surface area contributed by atoms with Crippen LogP contribution < -0.4 is 9.47 Å². The number of fused-ring (bicyclic) bond motifs is 3. The fourth-order valence-corrected chi connectivity index (χ4v) is 3.15. The van der Waals surface area contributed by atoms with Crippen molar-refractivity contribution in [2.24, 2.45) is 0 Å². The molecule has 0 radical (unpaired) electrons. The highest BCUT2D eigenvalue weighted by molar-refractivity contribution is 6.20. The molecule has 0 unspecified atom stereocenters. The molecule has 2 aromatic carbocycles. The number of H-pyrrole nitrogens is 1. The van der Waals surface area contributed by atoms with Gasteiger partial charge in [0.15, 0.2) is 0 Å². The highest BCUT2D eigenvalue weighted by Gasteiger charge is 2.21. The smallest absolute Gasteiger partial charge is 0.354 e. The lowest BCUT2D eigenvalue weighted by molar-refractivity contribution is 0.0690. The topological polar surface area (TPSA) is 102 Å². The number of carbonyl (C=O) groups excluding carboxylic acids is 1. The van der Waals surface area contributed by atoms with Crippen molar-refractivity contribution in [1.82, 2.24) is 9.97 Å². The van der Waals surface area contributed by atoms with Crippen molar-refractivity contribution in [2.75, 3.05) is 14.2 Å². The Balaban J connectivity index is 1.97. The molecule has 7 nitrogen and oxygen atoms in total. The molecule has 28 heavy (non-hydrogen) atoms. The first-order chi connectivity index (χ1) is 13.5. The number of ether oxygens (including phenoxy) is 2. The third-order valence-electron chi connectivity index (χ3n) is 4.58. The van der Waals surface area contributed by atoms with Gasteiger partial charge in [-0.25, -0.2) is 9.78 Å². The molecule has 2 heterocycles. The van der Waals surface area contributed by atoms with Crippen molar-refractivity contribution in [3.8, 4) is 11.5 Å². The number of methoxy groups -OCH3 is 2. The van der Waals surface area contributed by atoms with E-state index < -0.39 is 5.97 Å². The minimum Gasteiger partial charge on any atom is -0.497 e. The molecule has 0 saturated carbocycles. The van der Waals surface area contributed by atoms with Crippen LogP contribution >= 0.6 is 0 Å². The first-order valence-corrected chi connectivity index (χ1v) is 8.44. The Morgan fingerprint density at radius 2 is 1.61 bits per heavy atom. The van der Waals surface area contributed by atoms with Crippen LogP contribution in [0.15, 0.2) is 48.5 Å². The number of aromatic carboxylic acids is 1. The third kappa shape index (κ3) is 2.83. The van der Waals surface area contributed by atoms with E-state index in [4.69, 9.17) is 9.47 Å². The summed E-state index contributed by atoms with van der Waals surface area (Å²) < 4.78 is 10.4. The van der Waals surface area contributed by atoms with Crippen LogP contribution in [-0.4, -0.2) is 41.0 Å². The first-order valence-electron chi connectivity index (χ1n) is 8.44. The number of carboxylic acid groups (broad SMARTS) is 1. The fraction of sp³-hybridized carbons (Fsp3) is 0.0952. The number of aromatic nitrogens is 2. The van der Waals surface area contributed by atoms with Crippen molar-refractivity contribution in [2.45, 2.75) is 0 Å². The summed E-state index contributed by atoms with van der Waals surface area (Å²) in [6.45, 7) is 0. The molecule has 4 aromatic rings. The largest absolute Gasteiger partial charge is 0.497 e. The normalized spacial score (nSPS) is 10.9. The van der Waals surface area contributed by atoms with Gasteiger partial charge in [0.2, 0.25) is 5.78 Å². The zero-order valence-electron chi connectivity index (χ0n) is 15.1. The Morgan fingerprint density at radius 1 is 0.929 bits per heavy atom. The average molecular weight is 376 g/mol. The predicted octanol–water partition coefficient (Wildman–Crippen LogP) is 3.66. The number of carbonyl (C=O) groups is 2. The second kappa shape index (κ2) is 6.70. The highest BCUT2D eigenvalue weighted by Crippen LogP contribution is 2.31. The first kappa shape index (κ1) is 17.5. The number of pyridine rings is 1. The standard InChI is InChI=1S/C21H16N2O5/c1-27-12-5-3-11(4-6-12)20(24)19-18-15(10-17(23-19)21(25)26)14-9-13(28-2)7-8-16(14)22-18/h3-10,22H,1-2H3,(H,25,26). The molecule has 0 aliphatic carbocycles. The lowest BCUT2D eigenvalue weighted by Crippen LogP contribution is -2.10. The molecule has 140 valence electrons. The van der Waals surface area contributed by atoms with Gasteiger partial charge < -0.3 is 19.6 Å². The molecule has 0 aliphatic rings. The number of rotatable bonds is 5. The maximum Gasteiger partial charge on any atom is 0.354 e. The molecule has 7 heteroatoms. The van der Waals surface area contributed by atoms with Crippen LogP contribution in [0.2, 0.25) is 0 Å². The van der Waals surface area contributed by atoms with Gasteiger partial charge in [-0.1, -0.05) is 0 Å². The summed E-state index contributed by atoms with van der Waals surface area (Å²) in [5.74, 6) is -0.339. The number of ketones is 1. The Morgan fingerprint density at radius 3 is 2.25 bits per heavy atom. The van der Waals surface area contributed by atoms with Crippen molar-refractivity contribution in [3.05, 3.63) is 65.5 Å². The minimum atomic E-state index is -1.21. The van der Waals surface area contributed by atoms with E-state index in [0.717, 1.165) is 10.9 Å². The predicted molar refractivity (Wildman–Crippen MR) is 104 cm³/mol. The van der Waals surface area contributed by atoms with Gasteiger partial charge in [-0.15, -0.1) is 0 Å². The summed E-state index contributed by atoms with van der Waals surface area (Å²) in [4.78, 5) is 32.0. The lowest BCUT2D eigenvalue weighted by atomic mass is 10.0. The third-order valence-corrected chi connectivity index (χ3v) is 4.58. The summed E-state index contributed by atoms with van der Waals surface area (Å²) >= 11 is 0. The van der Waals surface area contributed by atoms with Gasteiger partial charge in [-0.2, -0.15) is 0 Å². The van der Waals surface area contributed by atoms with Gasteiger partial charge in [0.25, 0.3) is 0 Å². The number of hydrogen-bond donors (Lipinski definition) is 2. The Labute approximate surface area is 159 Å². The SMILES string of the molecule is COc1ccc(C(=O)c2nc(C(=O)O)cc3c2[nH]c2ccc(OC)cc23)cc1. The van der Waals surface area contributed by atoms with E-state index in [1.807, 2.05) is 6.07 Å². The molecule has 0 saturated heterocycles. The number of nitrogens with zero attached hydrogens (tertiary/aromatic N) is 1. The molecule has 0 fully saturated rings. The van der Waals surface area contributed by atoms with Crippen LogP contribution in [0.1, 0.15) is 26.5 Å². The van der Waals surface area contributed by atoms with Gasteiger partial charge in [0, 0.05) is 21.9 Å². The number of aromatic amines is 1. The summed E-state index contributed by atoms with van der Waals surface area (Å²) in [6.07, 6.45) is 0. The van der Waals surface area contributed by atoms with Crippen LogP contribution in [0.25, 0.3) is 21.8 Å². The van der Waals surface area contributed by atoms with Crippen molar-refractivity contribution in [3.63, 3.8) is 0 Å². The second-order valence-electron chi connectivity index (χ2n) is 6.18. The van der Waals surface area contributed by atoms with Crippen LogP contribution in [-0.2, 0) is 0 Å². The molecule has 0 atom stereocenters. The zero-order chi connectivity index (χ0) is 19.8. The summed E-state index contributed by atoms with van der Waals surface area (Å²) in [5.41, 5.74) is 1.47. The molecule has 0 amide bonds. The molecular weight excluding hydrogens is 360 g/mol. The maximum atomic E-state index is 13.1. The molecule has 0 spiro atoms. The quantitative estimate of drug-likeness (QED) is 0.516. The van der Waals surface area contributed by atoms with Crippen molar-refractivity contribution in [1.29, 1.82) is 0 Å². The van der Waals surface area contributed by atoms with E-state index in [9.17, 15) is 14.7 Å². The Bertz CT molecular complexity index is 1230. The zero-order valence-corrected chi connectivity index (χ0v) is 15.1. The second-order valence-corrected chi connectivity index (χ2v) is 6.18. The van der Waals surface area contributed by atoms with E-state index in [1.54, 1.807) is 43.5 Å². The number of hydrogen-bond acceptors (Lipinski definition) is 5. The monoisotopic (exact) mass is 376 g/mol. The van der Waals surface area contributed by atoms with E-state index in [1.165, 1.54) is 13.2 Å². The molecule has 0 aliphatic heterocycles. The van der Waals surface area contributed by atoms with Crippen LogP contribution in [0.5, 0.6) is 11.5 Å². The fourth-order valence-electron chi connectivity index (χ4n) is 3.15. The van der Waals surface area contributed by atoms with Crippen LogP contribution in [0, 0.1) is 0 Å². The molecule has 0 bridgehead atoms. The van der Waals surface area contributed by atoms with E-state index >= 15 is 0 Å². The molecule has 2 aromatic heterocycles. The summed E-state index contributed by atoms with van der Waals surface area (Å²) in [7, 11) is 3.09. The number of benzene rings is 2. The van der Waals surface area contributed by atoms with E-state index in [2.05, 4.69) is 9.97 Å². The van der Waals surface area contributed by atoms with Crippen LogP contribution in [0.4, 0.5) is 0 Å². The maximum absolute atomic E-state index is 13.1. The minimum absolute atomic E-state index is 0.0511. The van der Waals surface area contributed by atoms with Gasteiger partial charge in [0.05, 0.1) is 19.7 Å². The Hall–Kier alpha value is -3.87. The molecular formula is C21H16N2O5. The average Bonchev–Trinajstić information content (AvgIpc) is 3.10. The van der Waals surface area contributed by atoms with E-state index in [-0.39, 0.29) is 17.2 Å². The number of carboxylic acids is 1. The van der Waals surface area contributed by atoms with Gasteiger partial charge >= 0.3 is 5.97 Å². The van der Waals surface area contributed by atoms with Crippen molar-refractivity contribution >= 4 is 33.6 Å². The summed E-state index contributed by atoms with van der Waals surface area (Å²) in [5, 5.41) is 10.8. The van der Waals surface area contributed by atoms with Gasteiger partial charge in [-0.3, -0.25) is 4.79 Å². The lowest BCUT2D eigenvalue weighted by Gasteiger charge is -2.06. The van der Waals surface area contributed by atoms with Crippen LogP contribution in [0.3, 0.4) is 0 Å².